The zero-order chi connectivity index (χ0) is 14.4. The summed E-state index contributed by atoms with van der Waals surface area (Å²) in [5.74, 6) is 2.33. The number of hydrogen-bond acceptors (Lipinski definition) is 6. The summed E-state index contributed by atoms with van der Waals surface area (Å²) < 4.78 is 0. The van der Waals surface area contributed by atoms with Gasteiger partial charge in [-0.3, -0.25) is 9.89 Å². The van der Waals surface area contributed by atoms with Crippen LogP contribution in [0.15, 0.2) is 11.7 Å². The van der Waals surface area contributed by atoms with Gasteiger partial charge in [0.1, 0.15) is 12.2 Å². The van der Waals surface area contributed by atoms with Crippen LogP contribution in [0.25, 0.3) is 0 Å². The molecule has 8 heteroatoms. The van der Waals surface area contributed by atoms with Gasteiger partial charge in [0, 0.05) is 23.3 Å². The predicted molar refractivity (Wildman–Crippen MR) is 80.6 cm³/mol. The Labute approximate surface area is 125 Å². The number of H-pyrrole nitrogens is 1. The average Bonchev–Trinajstić information content (AvgIpc) is 3.06. The molecule has 0 bridgehead atoms. The van der Waals surface area contributed by atoms with Gasteiger partial charge in [-0.15, -0.1) is 11.3 Å². The van der Waals surface area contributed by atoms with Gasteiger partial charge in [-0.1, -0.05) is 0 Å². The van der Waals surface area contributed by atoms with E-state index in [2.05, 4.69) is 30.9 Å². The minimum absolute atomic E-state index is 0.0239. The lowest BCUT2D eigenvalue weighted by molar-refractivity contribution is -0.121. The molecule has 2 aromatic rings. The molecule has 0 spiro atoms. The topological polar surface area (TPSA) is 83.6 Å². The van der Waals surface area contributed by atoms with E-state index < -0.39 is 0 Å². The molecule has 0 saturated heterocycles. The van der Waals surface area contributed by atoms with Gasteiger partial charge in [0.15, 0.2) is 0 Å². The van der Waals surface area contributed by atoms with Crippen LogP contribution in [0.3, 0.4) is 0 Å². The molecular weight excluding hydrogens is 294 g/mol. The first-order valence-corrected chi connectivity index (χ1v) is 8.32. The number of carbonyl (C=O) groups excluding carboxylic acids is 1. The van der Waals surface area contributed by atoms with Crippen LogP contribution in [0.5, 0.6) is 0 Å². The van der Waals surface area contributed by atoms with E-state index in [1.165, 1.54) is 6.33 Å². The molecule has 20 heavy (non-hydrogen) atoms. The molecule has 1 atom stereocenters. The minimum atomic E-state index is -0.142. The smallest absolute Gasteiger partial charge is 0.221 e. The summed E-state index contributed by atoms with van der Waals surface area (Å²) in [5.41, 5.74) is 1.09. The van der Waals surface area contributed by atoms with E-state index in [1.807, 2.05) is 13.8 Å². The minimum Gasteiger partial charge on any atom is -0.346 e. The first-order chi connectivity index (χ1) is 9.65. The number of rotatable bonds is 7. The van der Waals surface area contributed by atoms with E-state index in [-0.39, 0.29) is 11.9 Å². The van der Waals surface area contributed by atoms with Gasteiger partial charge < -0.3 is 5.32 Å². The Hall–Kier alpha value is -1.41. The molecule has 2 N–H and O–H groups in total. The van der Waals surface area contributed by atoms with E-state index in [1.54, 1.807) is 23.1 Å². The fourth-order valence-corrected chi connectivity index (χ4v) is 3.17. The van der Waals surface area contributed by atoms with Crippen molar-refractivity contribution >= 4 is 29.0 Å². The van der Waals surface area contributed by atoms with Crippen molar-refractivity contribution in [1.82, 2.24) is 25.5 Å². The van der Waals surface area contributed by atoms with Crippen LogP contribution < -0.4 is 5.32 Å². The molecule has 2 aromatic heterocycles. The zero-order valence-corrected chi connectivity index (χ0v) is 13.1. The number of nitrogens with one attached hydrogen (secondary N) is 2. The number of thiazole rings is 1. The van der Waals surface area contributed by atoms with E-state index in [0.29, 0.717) is 12.2 Å². The third-order valence-corrected chi connectivity index (χ3v) is 4.43. The van der Waals surface area contributed by atoms with Crippen molar-refractivity contribution in [2.75, 3.05) is 5.75 Å². The first kappa shape index (κ1) is 15.0. The highest BCUT2D eigenvalue weighted by molar-refractivity contribution is 7.98. The highest BCUT2D eigenvalue weighted by atomic mass is 32.2. The van der Waals surface area contributed by atoms with Gasteiger partial charge in [-0.25, -0.2) is 9.97 Å². The van der Waals surface area contributed by atoms with Crippen LogP contribution in [-0.4, -0.2) is 31.8 Å². The van der Waals surface area contributed by atoms with Crippen molar-refractivity contribution in [3.8, 4) is 0 Å². The van der Waals surface area contributed by atoms with E-state index in [9.17, 15) is 4.79 Å². The number of hydrogen-bond donors (Lipinski definition) is 2. The Morgan fingerprint density at radius 2 is 2.45 bits per heavy atom. The molecule has 0 saturated carbocycles. The summed E-state index contributed by atoms with van der Waals surface area (Å²) in [6.07, 6.45) is 1.93. The SMILES string of the molecule is Cc1nc(CSCCC(=O)NC(C)c2ncn[nH]2)cs1. The highest BCUT2D eigenvalue weighted by Crippen LogP contribution is 2.15. The molecule has 2 rings (SSSR count). The molecule has 6 nitrogen and oxygen atoms in total. The summed E-state index contributed by atoms with van der Waals surface area (Å²) in [4.78, 5) is 20.2. The molecule has 0 aliphatic rings. The fourth-order valence-electron chi connectivity index (χ4n) is 1.62. The van der Waals surface area contributed by atoms with Gasteiger partial charge in [0.2, 0.25) is 5.91 Å². The molecule has 0 aliphatic heterocycles. The summed E-state index contributed by atoms with van der Waals surface area (Å²) in [6.45, 7) is 3.88. The second-order valence-electron chi connectivity index (χ2n) is 4.32. The summed E-state index contributed by atoms with van der Waals surface area (Å²) in [5, 5.41) is 12.5. The Kier molecular flexibility index (Phi) is 5.54. The van der Waals surface area contributed by atoms with E-state index >= 15 is 0 Å². The largest absolute Gasteiger partial charge is 0.346 e. The van der Waals surface area contributed by atoms with Crippen molar-refractivity contribution in [2.45, 2.75) is 32.1 Å². The standard InChI is InChI=1S/C12H17N5OS2/c1-8(12-13-7-14-17-12)15-11(18)3-4-19-5-10-6-20-9(2)16-10/h6-8H,3-5H2,1-2H3,(H,15,18)(H,13,14,17). The summed E-state index contributed by atoms with van der Waals surface area (Å²) in [6, 6.07) is -0.142. The number of nitrogens with zero attached hydrogens (tertiary/aromatic N) is 3. The Balaban J connectivity index is 1.63. The van der Waals surface area contributed by atoms with Gasteiger partial charge in [0.25, 0.3) is 0 Å². The number of aromatic amines is 1. The predicted octanol–water partition coefficient (Wildman–Crippen LogP) is 2.07. The Morgan fingerprint density at radius 3 is 3.10 bits per heavy atom. The normalized spacial score (nSPS) is 12.3. The number of carbonyl (C=O) groups is 1. The molecule has 0 radical (unpaired) electrons. The van der Waals surface area contributed by atoms with Gasteiger partial charge in [-0.2, -0.15) is 16.9 Å². The van der Waals surface area contributed by atoms with Gasteiger partial charge >= 0.3 is 0 Å². The monoisotopic (exact) mass is 311 g/mol. The second-order valence-corrected chi connectivity index (χ2v) is 6.49. The second kappa shape index (κ2) is 7.39. The van der Waals surface area contributed by atoms with Crippen LogP contribution in [0.1, 0.15) is 35.9 Å². The Bertz CT molecular complexity index is 540. The van der Waals surface area contributed by atoms with Crippen LogP contribution in [0, 0.1) is 6.92 Å². The van der Waals surface area contributed by atoms with Crippen molar-refractivity contribution in [2.24, 2.45) is 0 Å². The maximum atomic E-state index is 11.8. The van der Waals surface area contributed by atoms with Crippen LogP contribution in [-0.2, 0) is 10.5 Å². The highest BCUT2D eigenvalue weighted by Gasteiger charge is 2.11. The third kappa shape index (κ3) is 4.61. The number of amides is 1. The molecule has 2 heterocycles. The van der Waals surface area contributed by atoms with E-state index in [0.717, 1.165) is 22.2 Å². The maximum Gasteiger partial charge on any atom is 0.221 e. The molecular formula is C12H17N5OS2. The molecule has 1 unspecified atom stereocenters. The van der Waals surface area contributed by atoms with Crippen molar-refractivity contribution in [3.63, 3.8) is 0 Å². The van der Waals surface area contributed by atoms with Crippen molar-refractivity contribution < 1.29 is 4.79 Å². The summed E-state index contributed by atoms with van der Waals surface area (Å²) >= 11 is 3.38. The van der Waals surface area contributed by atoms with Crippen LogP contribution in [0.2, 0.25) is 0 Å². The molecule has 0 fully saturated rings. The van der Waals surface area contributed by atoms with Gasteiger partial charge in [-0.05, 0) is 13.8 Å². The van der Waals surface area contributed by atoms with Gasteiger partial charge in [0.05, 0.1) is 16.7 Å². The van der Waals surface area contributed by atoms with E-state index in [4.69, 9.17) is 0 Å². The fraction of sp³-hybridized carbons (Fsp3) is 0.500. The zero-order valence-electron chi connectivity index (χ0n) is 11.4. The number of thioether (sulfide) groups is 1. The molecule has 1 amide bonds. The lowest BCUT2D eigenvalue weighted by Crippen LogP contribution is -2.27. The maximum absolute atomic E-state index is 11.8. The Morgan fingerprint density at radius 1 is 1.60 bits per heavy atom. The molecule has 0 aromatic carbocycles. The van der Waals surface area contributed by atoms with Crippen molar-refractivity contribution in [1.29, 1.82) is 0 Å². The lowest BCUT2D eigenvalue weighted by atomic mass is 10.3. The quantitative estimate of drug-likeness (QED) is 0.765. The van der Waals surface area contributed by atoms with Crippen molar-refractivity contribution in [3.05, 3.63) is 28.2 Å². The molecule has 0 aliphatic carbocycles. The lowest BCUT2D eigenvalue weighted by Gasteiger charge is -2.10. The van der Waals surface area contributed by atoms with Crippen LogP contribution >= 0.6 is 23.1 Å². The molecule has 108 valence electrons. The number of aryl methyl sites for hydroxylation is 1. The number of aromatic nitrogens is 4. The first-order valence-electron chi connectivity index (χ1n) is 6.28. The third-order valence-electron chi connectivity index (χ3n) is 2.61. The average molecular weight is 311 g/mol. The summed E-state index contributed by atoms with van der Waals surface area (Å²) in [7, 11) is 0. The van der Waals surface area contributed by atoms with Crippen LogP contribution in [0.4, 0.5) is 0 Å².